The maximum absolute atomic E-state index is 5.45. The first kappa shape index (κ1) is 15.9. The molecule has 0 amide bonds. The van der Waals surface area contributed by atoms with Crippen molar-refractivity contribution in [2.24, 2.45) is 0 Å². The summed E-state index contributed by atoms with van der Waals surface area (Å²) >= 11 is 1.76. The van der Waals surface area contributed by atoms with Crippen molar-refractivity contribution < 1.29 is 9.47 Å². The molecule has 1 fully saturated rings. The molecular formula is C15H26N2O2S. The number of rotatable bonds is 6. The molecule has 114 valence electrons. The molecule has 0 saturated heterocycles. The van der Waals surface area contributed by atoms with Crippen molar-refractivity contribution in [1.29, 1.82) is 0 Å². The molecule has 1 N–H and O–H groups in total. The fraction of sp³-hybridized carbons (Fsp3) is 0.800. The summed E-state index contributed by atoms with van der Waals surface area (Å²) in [5.41, 5.74) is 1.26. The third-order valence-electron chi connectivity index (χ3n) is 3.94. The van der Waals surface area contributed by atoms with Crippen LogP contribution in [0.25, 0.3) is 0 Å². The lowest BCUT2D eigenvalue weighted by molar-refractivity contribution is -0.0350. The molecule has 2 rings (SSSR count). The molecule has 4 nitrogen and oxygen atoms in total. The molecule has 1 aromatic rings. The number of nitrogens with zero attached hydrogens (tertiary/aromatic N) is 1. The molecule has 1 heterocycles. The zero-order chi connectivity index (χ0) is 14.8. The van der Waals surface area contributed by atoms with Crippen LogP contribution in [0.5, 0.6) is 0 Å². The van der Waals surface area contributed by atoms with Gasteiger partial charge in [-0.1, -0.05) is 20.8 Å². The highest BCUT2D eigenvalue weighted by atomic mass is 32.1. The molecule has 0 aliphatic heterocycles. The molecule has 20 heavy (non-hydrogen) atoms. The first-order chi connectivity index (χ1) is 9.41. The van der Waals surface area contributed by atoms with Crippen molar-refractivity contribution in [3.8, 4) is 0 Å². The summed E-state index contributed by atoms with van der Waals surface area (Å²) in [6, 6.07) is 0. The number of methoxy groups -OCH3 is 2. The molecule has 0 bridgehead atoms. The van der Waals surface area contributed by atoms with Crippen molar-refractivity contribution in [1.82, 2.24) is 10.3 Å². The first-order valence-corrected chi connectivity index (χ1v) is 8.02. The van der Waals surface area contributed by atoms with E-state index < -0.39 is 0 Å². The van der Waals surface area contributed by atoms with E-state index in [1.54, 1.807) is 25.6 Å². The zero-order valence-electron chi connectivity index (χ0n) is 13.2. The SMILES string of the molecule is COCCNC1(c2nc(C(C)(C)C)cs2)CC(OC)C1. The Labute approximate surface area is 125 Å². The summed E-state index contributed by atoms with van der Waals surface area (Å²) in [6.07, 6.45) is 2.32. The molecular weight excluding hydrogens is 272 g/mol. The minimum atomic E-state index is -0.0205. The largest absolute Gasteiger partial charge is 0.383 e. The lowest BCUT2D eigenvalue weighted by Gasteiger charge is -2.46. The summed E-state index contributed by atoms with van der Waals surface area (Å²) in [6.45, 7) is 8.18. The minimum Gasteiger partial charge on any atom is -0.383 e. The molecule has 0 spiro atoms. The molecule has 0 atom stereocenters. The number of aromatic nitrogens is 1. The Bertz CT molecular complexity index is 433. The Kier molecular flexibility index (Phi) is 4.84. The van der Waals surface area contributed by atoms with Gasteiger partial charge in [0.2, 0.25) is 0 Å². The van der Waals surface area contributed by atoms with Crippen LogP contribution in [0.2, 0.25) is 0 Å². The van der Waals surface area contributed by atoms with Crippen molar-refractivity contribution in [3.63, 3.8) is 0 Å². The smallest absolute Gasteiger partial charge is 0.113 e. The van der Waals surface area contributed by atoms with E-state index in [4.69, 9.17) is 14.5 Å². The van der Waals surface area contributed by atoms with E-state index in [1.807, 2.05) is 0 Å². The van der Waals surface area contributed by atoms with E-state index in [0.29, 0.717) is 6.10 Å². The monoisotopic (exact) mass is 298 g/mol. The van der Waals surface area contributed by atoms with Gasteiger partial charge in [0.1, 0.15) is 5.01 Å². The lowest BCUT2D eigenvalue weighted by Crippen LogP contribution is -2.56. The number of thiazole rings is 1. The van der Waals surface area contributed by atoms with Crippen LogP contribution in [-0.2, 0) is 20.4 Å². The topological polar surface area (TPSA) is 43.4 Å². The van der Waals surface area contributed by atoms with Crippen molar-refractivity contribution >= 4 is 11.3 Å². The highest BCUT2D eigenvalue weighted by molar-refractivity contribution is 7.09. The Hall–Kier alpha value is -0.490. The second-order valence-corrected chi connectivity index (χ2v) is 7.41. The molecule has 5 heteroatoms. The van der Waals surface area contributed by atoms with E-state index in [-0.39, 0.29) is 11.0 Å². The van der Waals surface area contributed by atoms with Gasteiger partial charge in [0, 0.05) is 31.6 Å². The van der Waals surface area contributed by atoms with E-state index in [1.165, 1.54) is 10.7 Å². The van der Waals surface area contributed by atoms with Crippen LogP contribution in [0.15, 0.2) is 5.38 Å². The number of hydrogen-bond donors (Lipinski definition) is 1. The van der Waals surface area contributed by atoms with Gasteiger partial charge in [0.25, 0.3) is 0 Å². The first-order valence-electron chi connectivity index (χ1n) is 7.14. The van der Waals surface area contributed by atoms with Gasteiger partial charge in [-0.25, -0.2) is 4.98 Å². The molecule has 1 saturated carbocycles. The van der Waals surface area contributed by atoms with Gasteiger partial charge >= 0.3 is 0 Å². The summed E-state index contributed by atoms with van der Waals surface area (Å²) in [5.74, 6) is 0. The quantitative estimate of drug-likeness (QED) is 0.820. The molecule has 1 aliphatic carbocycles. The van der Waals surface area contributed by atoms with Crippen LogP contribution in [0.3, 0.4) is 0 Å². The van der Waals surface area contributed by atoms with E-state index in [2.05, 4.69) is 31.5 Å². The molecule has 0 radical (unpaired) electrons. The highest BCUT2D eigenvalue weighted by Gasteiger charge is 2.47. The Morgan fingerprint density at radius 2 is 2.10 bits per heavy atom. The van der Waals surface area contributed by atoms with Gasteiger partial charge < -0.3 is 14.8 Å². The number of nitrogens with one attached hydrogen (secondary N) is 1. The van der Waals surface area contributed by atoms with Gasteiger partial charge in [-0.2, -0.15) is 0 Å². The average molecular weight is 298 g/mol. The van der Waals surface area contributed by atoms with Crippen LogP contribution in [0, 0.1) is 0 Å². The standard InChI is InChI=1S/C15H26N2O2S/c1-14(2,3)12-10-20-13(17-12)15(16-6-7-18-4)8-11(9-15)19-5/h10-11,16H,6-9H2,1-5H3. The average Bonchev–Trinajstić information content (AvgIpc) is 2.82. The maximum Gasteiger partial charge on any atom is 0.113 e. The molecule has 1 aromatic heterocycles. The second-order valence-electron chi connectivity index (χ2n) is 6.56. The van der Waals surface area contributed by atoms with Crippen LogP contribution in [0.1, 0.15) is 44.3 Å². The predicted octanol–water partition coefficient (Wildman–Crippen LogP) is 2.68. The molecule has 1 aliphatic rings. The summed E-state index contributed by atoms with van der Waals surface area (Å²) in [7, 11) is 3.51. The Morgan fingerprint density at radius 1 is 1.40 bits per heavy atom. The van der Waals surface area contributed by atoms with Crippen LogP contribution in [-0.4, -0.2) is 38.5 Å². The predicted molar refractivity (Wildman–Crippen MR) is 82.4 cm³/mol. The van der Waals surface area contributed by atoms with Crippen molar-refractivity contribution in [2.75, 3.05) is 27.4 Å². The van der Waals surface area contributed by atoms with Crippen LogP contribution >= 0.6 is 11.3 Å². The van der Waals surface area contributed by atoms with Crippen LogP contribution in [0.4, 0.5) is 0 Å². The molecule has 0 unspecified atom stereocenters. The third-order valence-corrected chi connectivity index (χ3v) is 4.98. The van der Waals surface area contributed by atoms with Gasteiger partial charge in [-0.15, -0.1) is 11.3 Å². The maximum atomic E-state index is 5.45. The van der Waals surface area contributed by atoms with Crippen molar-refractivity contribution in [2.45, 2.75) is 50.7 Å². The fourth-order valence-electron chi connectivity index (χ4n) is 2.51. The van der Waals surface area contributed by atoms with E-state index in [0.717, 1.165) is 26.0 Å². The third kappa shape index (κ3) is 3.22. The van der Waals surface area contributed by atoms with Gasteiger partial charge in [0.05, 0.1) is 23.9 Å². The van der Waals surface area contributed by atoms with Gasteiger partial charge in [-0.05, 0) is 12.8 Å². The summed E-state index contributed by atoms with van der Waals surface area (Å²) in [4.78, 5) is 4.88. The van der Waals surface area contributed by atoms with Crippen LogP contribution < -0.4 is 5.32 Å². The highest BCUT2D eigenvalue weighted by Crippen LogP contribution is 2.44. The number of hydrogen-bond acceptors (Lipinski definition) is 5. The summed E-state index contributed by atoms with van der Waals surface area (Å²) < 4.78 is 10.6. The Morgan fingerprint density at radius 3 is 2.60 bits per heavy atom. The zero-order valence-corrected chi connectivity index (χ0v) is 14.0. The van der Waals surface area contributed by atoms with Gasteiger partial charge in [0.15, 0.2) is 0 Å². The number of ether oxygens (including phenoxy) is 2. The van der Waals surface area contributed by atoms with Crippen molar-refractivity contribution in [3.05, 3.63) is 16.1 Å². The normalized spacial score (nSPS) is 26.6. The van der Waals surface area contributed by atoms with E-state index >= 15 is 0 Å². The second kappa shape index (κ2) is 6.10. The summed E-state index contributed by atoms with van der Waals surface area (Å²) in [5, 5.41) is 7.00. The lowest BCUT2D eigenvalue weighted by atomic mass is 9.74. The molecule has 0 aromatic carbocycles. The van der Waals surface area contributed by atoms with Gasteiger partial charge in [-0.3, -0.25) is 0 Å². The Balaban J connectivity index is 2.13. The fourth-order valence-corrected chi connectivity index (χ4v) is 3.75. The minimum absolute atomic E-state index is 0.0205. The van der Waals surface area contributed by atoms with E-state index in [9.17, 15) is 0 Å².